The van der Waals surface area contributed by atoms with Gasteiger partial charge in [0, 0.05) is 24.2 Å². The van der Waals surface area contributed by atoms with E-state index in [1.807, 2.05) is 19.9 Å². The fourth-order valence-electron chi connectivity index (χ4n) is 2.72. The Morgan fingerprint density at radius 3 is 2.21 bits per heavy atom. The molecular formula is C21H28ClN3O4. The number of methoxy groups -OCH3 is 2. The quantitative estimate of drug-likeness (QED) is 0.579. The summed E-state index contributed by atoms with van der Waals surface area (Å²) in [4.78, 5) is 25.3. The molecular weight excluding hydrogens is 394 g/mol. The van der Waals surface area contributed by atoms with Crippen molar-refractivity contribution in [1.82, 2.24) is 10.6 Å². The summed E-state index contributed by atoms with van der Waals surface area (Å²) in [7, 11) is 2.99. The highest BCUT2D eigenvalue weighted by molar-refractivity contribution is 6.09. The monoisotopic (exact) mass is 421 g/mol. The fourth-order valence-corrected chi connectivity index (χ4v) is 2.72. The summed E-state index contributed by atoms with van der Waals surface area (Å²) in [5.41, 5.74) is 1.13. The van der Waals surface area contributed by atoms with E-state index in [0.717, 1.165) is 6.54 Å². The van der Waals surface area contributed by atoms with E-state index in [-0.39, 0.29) is 30.3 Å². The van der Waals surface area contributed by atoms with Gasteiger partial charge in [-0.25, -0.2) is 0 Å². The largest absolute Gasteiger partial charge is 0.493 e. The number of rotatable bonds is 9. The zero-order valence-electron chi connectivity index (χ0n) is 17.1. The fraction of sp³-hybridized carbons (Fsp3) is 0.333. The third kappa shape index (κ3) is 6.66. The lowest BCUT2D eigenvalue weighted by molar-refractivity contribution is 0.0950. The second-order valence-electron chi connectivity index (χ2n) is 6.24. The number of carbonyl (C=O) groups is 2. The molecule has 0 aliphatic carbocycles. The number of likely N-dealkylation sites (N-methyl/N-ethyl adjacent to an activating group) is 1. The van der Waals surface area contributed by atoms with Crippen molar-refractivity contribution >= 4 is 29.9 Å². The Balaban J connectivity index is 0.00000420. The van der Waals surface area contributed by atoms with Crippen LogP contribution in [-0.4, -0.2) is 45.2 Å². The highest BCUT2D eigenvalue weighted by Gasteiger charge is 2.19. The normalized spacial score (nSPS) is 11.0. The standard InChI is InChI=1S/C21H27N3O4.ClH/c1-5-22-14(2)13-23-21(26)16-11-18(27-3)19(28-4)12-17(16)24-20(25)15-9-7-6-8-10-15;/h6-12,14,22H,5,13H2,1-4H3,(H,23,26)(H,24,25);1H/t14-;/m1./s1. The third-order valence-electron chi connectivity index (χ3n) is 4.17. The van der Waals surface area contributed by atoms with Gasteiger partial charge in [-0.3, -0.25) is 9.59 Å². The number of ether oxygens (including phenoxy) is 2. The van der Waals surface area contributed by atoms with E-state index in [1.54, 1.807) is 36.4 Å². The molecule has 3 N–H and O–H groups in total. The van der Waals surface area contributed by atoms with Crippen molar-refractivity contribution in [2.75, 3.05) is 32.6 Å². The first kappa shape index (κ1) is 24.3. The number of carbonyl (C=O) groups excluding carboxylic acids is 2. The minimum atomic E-state index is -0.317. The van der Waals surface area contributed by atoms with Gasteiger partial charge in [-0.1, -0.05) is 25.1 Å². The summed E-state index contributed by atoms with van der Waals surface area (Å²) in [6.45, 7) is 5.25. The number of halogens is 1. The molecule has 7 nitrogen and oxygen atoms in total. The van der Waals surface area contributed by atoms with Crippen LogP contribution < -0.4 is 25.4 Å². The minimum absolute atomic E-state index is 0. The van der Waals surface area contributed by atoms with E-state index in [1.165, 1.54) is 14.2 Å². The predicted octanol–water partition coefficient (Wildman–Crippen LogP) is 3.11. The second-order valence-corrected chi connectivity index (χ2v) is 6.24. The molecule has 1 atom stereocenters. The van der Waals surface area contributed by atoms with Crippen molar-refractivity contribution in [2.45, 2.75) is 19.9 Å². The molecule has 0 aromatic heterocycles. The van der Waals surface area contributed by atoms with E-state index in [4.69, 9.17) is 9.47 Å². The Kier molecular flexibility index (Phi) is 9.99. The van der Waals surface area contributed by atoms with Gasteiger partial charge in [-0.15, -0.1) is 12.4 Å². The lowest BCUT2D eigenvalue weighted by atomic mass is 10.1. The summed E-state index contributed by atoms with van der Waals surface area (Å²) >= 11 is 0. The molecule has 0 heterocycles. The molecule has 2 aromatic carbocycles. The van der Waals surface area contributed by atoms with Gasteiger partial charge in [0.15, 0.2) is 11.5 Å². The molecule has 158 valence electrons. The summed E-state index contributed by atoms with van der Waals surface area (Å²) in [6.07, 6.45) is 0. The molecule has 0 spiro atoms. The van der Waals surface area contributed by atoms with Gasteiger partial charge in [0.05, 0.1) is 25.5 Å². The maximum absolute atomic E-state index is 12.8. The Labute approximate surface area is 177 Å². The van der Waals surface area contributed by atoms with Crippen molar-refractivity contribution in [2.24, 2.45) is 0 Å². The summed E-state index contributed by atoms with van der Waals surface area (Å²) in [6, 6.07) is 12.1. The van der Waals surface area contributed by atoms with Crippen LogP contribution in [0.2, 0.25) is 0 Å². The van der Waals surface area contributed by atoms with Gasteiger partial charge >= 0.3 is 0 Å². The van der Waals surface area contributed by atoms with E-state index in [9.17, 15) is 9.59 Å². The van der Waals surface area contributed by atoms with Gasteiger partial charge in [-0.2, -0.15) is 0 Å². The van der Waals surface area contributed by atoms with Gasteiger partial charge < -0.3 is 25.4 Å². The first-order valence-corrected chi connectivity index (χ1v) is 9.14. The average Bonchev–Trinajstić information content (AvgIpc) is 2.72. The minimum Gasteiger partial charge on any atom is -0.493 e. The molecule has 0 unspecified atom stereocenters. The van der Waals surface area contributed by atoms with E-state index in [0.29, 0.717) is 34.9 Å². The van der Waals surface area contributed by atoms with Crippen molar-refractivity contribution in [3.8, 4) is 11.5 Å². The van der Waals surface area contributed by atoms with Crippen molar-refractivity contribution < 1.29 is 19.1 Å². The Hall–Kier alpha value is -2.77. The molecule has 2 rings (SSSR count). The highest BCUT2D eigenvalue weighted by Crippen LogP contribution is 2.33. The summed E-state index contributed by atoms with van der Waals surface area (Å²) in [5, 5.41) is 8.90. The van der Waals surface area contributed by atoms with Crippen molar-refractivity contribution in [3.05, 3.63) is 53.6 Å². The van der Waals surface area contributed by atoms with Gasteiger partial charge in [0.2, 0.25) is 0 Å². The summed E-state index contributed by atoms with van der Waals surface area (Å²) in [5.74, 6) is 0.200. The number of amides is 2. The molecule has 29 heavy (non-hydrogen) atoms. The van der Waals surface area contributed by atoms with E-state index >= 15 is 0 Å². The maximum atomic E-state index is 12.8. The van der Waals surface area contributed by atoms with Gasteiger partial charge in [-0.05, 0) is 31.7 Å². The molecule has 0 radical (unpaired) electrons. The lowest BCUT2D eigenvalue weighted by Gasteiger charge is -2.17. The topological polar surface area (TPSA) is 88.7 Å². The van der Waals surface area contributed by atoms with Crippen molar-refractivity contribution in [3.63, 3.8) is 0 Å². The smallest absolute Gasteiger partial charge is 0.255 e. The molecule has 0 saturated carbocycles. The first-order valence-electron chi connectivity index (χ1n) is 9.14. The number of hydrogen-bond donors (Lipinski definition) is 3. The number of anilines is 1. The SMILES string of the molecule is CCN[C@H](C)CNC(=O)c1cc(OC)c(OC)cc1NC(=O)c1ccccc1.Cl. The van der Waals surface area contributed by atoms with Gasteiger partial charge in [0.25, 0.3) is 11.8 Å². The van der Waals surface area contributed by atoms with Crippen LogP contribution in [0, 0.1) is 0 Å². The molecule has 8 heteroatoms. The molecule has 2 amide bonds. The van der Waals surface area contributed by atoms with Crippen LogP contribution in [0.5, 0.6) is 11.5 Å². The van der Waals surface area contributed by atoms with E-state index in [2.05, 4.69) is 16.0 Å². The average molecular weight is 422 g/mol. The summed E-state index contributed by atoms with van der Waals surface area (Å²) < 4.78 is 10.6. The first-order chi connectivity index (χ1) is 13.5. The molecule has 2 aromatic rings. The Morgan fingerprint density at radius 2 is 1.62 bits per heavy atom. The van der Waals surface area contributed by atoms with Crippen LogP contribution in [-0.2, 0) is 0 Å². The molecule has 0 fully saturated rings. The Morgan fingerprint density at radius 1 is 1.00 bits per heavy atom. The van der Waals surface area contributed by atoms with E-state index < -0.39 is 0 Å². The zero-order chi connectivity index (χ0) is 20.5. The van der Waals surface area contributed by atoms with Crippen molar-refractivity contribution in [1.29, 1.82) is 0 Å². The molecule has 0 saturated heterocycles. The number of benzene rings is 2. The number of nitrogens with one attached hydrogen (secondary N) is 3. The maximum Gasteiger partial charge on any atom is 0.255 e. The Bertz CT molecular complexity index is 815. The lowest BCUT2D eigenvalue weighted by Crippen LogP contribution is -2.39. The molecule has 0 bridgehead atoms. The second kappa shape index (κ2) is 11.9. The van der Waals surface area contributed by atoms with Crippen LogP contribution >= 0.6 is 12.4 Å². The van der Waals surface area contributed by atoms with Crippen LogP contribution in [0.4, 0.5) is 5.69 Å². The van der Waals surface area contributed by atoms with Crippen LogP contribution in [0.3, 0.4) is 0 Å². The zero-order valence-corrected chi connectivity index (χ0v) is 17.9. The third-order valence-corrected chi connectivity index (χ3v) is 4.17. The number of hydrogen-bond acceptors (Lipinski definition) is 5. The van der Waals surface area contributed by atoms with Crippen LogP contribution in [0.1, 0.15) is 34.6 Å². The molecule has 0 aliphatic rings. The van der Waals surface area contributed by atoms with Crippen LogP contribution in [0.15, 0.2) is 42.5 Å². The molecule has 0 aliphatic heterocycles. The van der Waals surface area contributed by atoms with Crippen LogP contribution in [0.25, 0.3) is 0 Å². The predicted molar refractivity (Wildman–Crippen MR) is 117 cm³/mol. The highest BCUT2D eigenvalue weighted by atomic mass is 35.5. The van der Waals surface area contributed by atoms with Gasteiger partial charge in [0.1, 0.15) is 0 Å².